The van der Waals surface area contributed by atoms with Crippen molar-refractivity contribution in [1.82, 2.24) is 0 Å². The predicted octanol–water partition coefficient (Wildman–Crippen LogP) is -1.89. The summed E-state index contributed by atoms with van der Waals surface area (Å²) in [5.41, 5.74) is -2.63. The molecule has 10 rings (SSSR count). The van der Waals surface area contributed by atoms with Crippen molar-refractivity contribution in [1.29, 1.82) is 0 Å². The van der Waals surface area contributed by atoms with E-state index in [-0.39, 0.29) is 40.6 Å². The Hall–Kier alpha value is -1.17. The number of ether oxygens (including phenoxy) is 9. The van der Waals surface area contributed by atoms with Gasteiger partial charge in [-0.2, -0.15) is 0 Å². The number of hydrogen-bond acceptors (Lipinski definition) is 22. The van der Waals surface area contributed by atoms with E-state index in [2.05, 4.69) is 34.6 Å². The molecule has 28 unspecified atom stereocenters. The maximum absolute atomic E-state index is 14.7. The van der Waals surface area contributed by atoms with Gasteiger partial charge >= 0.3 is 0 Å². The molecule has 0 aromatic carbocycles. The molecule has 28 atom stereocenters. The third-order valence-corrected chi connectivity index (χ3v) is 21.7. The van der Waals surface area contributed by atoms with Crippen LogP contribution in [0.2, 0.25) is 0 Å². The molecular formula is C52H84O22. The average Bonchev–Trinajstić information content (AvgIpc) is 3.64. The summed E-state index contributed by atoms with van der Waals surface area (Å²) < 4.78 is 55.7. The Morgan fingerprint density at radius 2 is 1.19 bits per heavy atom. The lowest BCUT2D eigenvalue weighted by molar-refractivity contribution is -0.393. The fourth-order valence-electron chi connectivity index (χ4n) is 17.2. The van der Waals surface area contributed by atoms with E-state index in [0.717, 1.165) is 44.9 Å². The molecule has 10 aliphatic rings. The Bertz CT molecular complexity index is 2030. The molecule has 0 aromatic heterocycles. The Balaban J connectivity index is 0.913. The molecular weight excluding hydrogens is 977 g/mol. The van der Waals surface area contributed by atoms with Crippen molar-refractivity contribution >= 4 is 5.78 Å². The Morgan fingerprint density at radius 3 is 1.88 bits per heavy atom. The zero-order valence-corrected chi connectivity index (χ0v) is 43.5. The lowest BCUT2D eigenvalue weighted by Gasteiger charge is -2.74. The van der Waals surface area contributed by atoms with Crippen molar-refractivity contribution in [3.8, 4) is 0 Å². The lowest BCUT2D eigenvalue weighted by atomic mass is 9.30. The Labute approximate surface area is 431 Å². The summed E-state index contributed by atoms with van der Waals surface area (Å²) in [6, 6.07) is 0. The first-order valence-corrected chi connectivity index (χ1v) is 27.1. The molecule has 22 heteroatoms. The van der Waals surface area contributed by atoms with Crippen LogP contribution in [0.3, 0.4) is 0 Å². The highest BCUT2D eigenvalue weighted by Crippen LogP contribution is 2.80. The lowest BCUT2D eigenvalue weighted by Crippen LogP contribution is -2.73. The Kier molecular flexibility index (Phi) is 15.0. The van der Waals surface area contributed by atoms with Crippen LogP contribution < -0.4 is 0 Å². The molecule has 0 amide bonds. The molecule has 5 aliphatic heterocycles. The molecule has 1 spiro atoms. The summed E-state index contributed by atoms with van der Waals surface area (Å²) in [7, 11) is 0. The van der Waals surface area contributed by atoms with Crippen LogP contribution in [-0.4, -0.2) is 229 Å². The van der Waals surface area contributed by atoms with E-state index in [9.17, 15) is 66.1 Å². The highest BCUT2D eigenvalue weighted by Gasteiger charge is 2.80. The van der Waals surface area contributed by atoms with E-state index in [1.54, 1.807) is 0 Å². The van der Waals surface area contributed by atoms with Crippen molar-refractivity contribution in [3.05, 3.63) is 0 Å². The second-order valence-electron chi connectivity index (χ2n) is 25.8. The van der Waals surface area contributed by atoms with Crippen LogP contribution in [0.1, 0.15) is 106 Å². The van der Waals surface area contributed by atoms with Gasteiger partial charge in [-0.05, 0) is 85.9 Å². The highest BCUT2D eigenvalue weighted by molar-refractivity contribution is 5.88. The summed E-state index contributed by atoms with van der Waals surface area (Å²) in [6.45, 7) is 11.4. The van der Waals surface area contributed by atoms with Gasteiger partial charge in [-0.25, -0.2) is 0 Å². The van der Waals surface area contributed by atoms with Crippen LogP contribution >= 0.6 is 0 Å². The molecule has 22 nitrogen and oxygen atoms in total. The van der Waals surface area contributed by atoms with Crippen molar-refractivity contribution in [2.24, 2.45) is 50.2 Å². The van der Waals surface area contributed by atoms with Crippen LogP contribution in [0, 0.1) is 50.2 Å². The van der Waals surface area contributed by atoms with Crippen molar-refractivity contribution in [3.63, 3.8) is 0 Å². The SMILES string of the molecule is CC1(C)CCC23COC4(CCC5C6(C)CCC(OC7OCC(OC8OC(CO)C(O)C(O)C8OC8OCC(O)C(O)C8O)C(O)C7OC7OC(CO)C(O)C(O)C7O)C(C)(CO)C6CCC5(C)C4(C)CC2=O)C3C1. The summed E-state index contributed by atoms with van der Waals surface area (Å²) >= 11 is 0. The van der Waals surface area contributed by atoms with E-state index in [0.29, 0.717) is 31.7 Å². The molecule has 5 saturated carbocycles. The fourth-order valence-corrected chi connectivity index (χ4v) is 17.2. The number of aliphatic hydroxyl groups is 12. The first-order chi connectivity index (χ1) is 34.8. The molecule has 5 aliphatic carbocycles. The smallest absolute Gasteiger partial charge is 0.187 e. The van der Waals surface area contributed by atoms with Crippen LogP contribution in [0.25, 0.3) is 0 Å². The number of carbonyl (C=O) groups excluding carboxylic acids is 1. The van der Waals surface area contributed by atoms with Crippen LogP contribution in [0.15, 0.2) is 0 Å². The van der Waals surface area contributed by atoms with Gasteiger partial charge in [0.2, 0.25) is 0 Å². The minimum atomic E-state index is -1.92. The zero-order chi connectivity index (χ0) is 53.5. The standard InChI is InChI=1S/C52H84O22/c1-46(2)13-14-51-22-68-52(29(51)15-46)12-8-28-47(3)10-9-31(48(4,21-55)27(47)7-11-49(28,5)50(52,6)16-30(51)57)72-44-40(74-43-39(65)36(62)33(59)24(17-53)69-43)35(61)26(20-67-44)71-45-41(37(63)34(60)25(18-54)70-45)73-42-38(64)32(58)23(56)19-66-42/h23-29,31-45,53-56,58-65H,7-22H2,1-6H3. The number of hydrogen-bond donors (Lipinski definition) is 12. The van der Waals surface area contributed by atoms with Crippen molar-refractivity contribution in [2.75, 3.05) is 39.6 Å². The molecule has 10 fully saturated rings. The largest absolute Gasteiger partial charge is 0.396 e. The summed E-state index contributed by atoms with van der Waals surface area (Å²) in [5, 5.41) is 130. The molecule has 0 aromatic rings. The third kappa shape index (κ3) is 8.31. The zero-order valence-electron chi connectivity index (χ0n) is 43.5. The van der Waals surface area contributed by atoms with E-state index in [1.165, 1.54) is 0 Å². The number of ketones is 1. The van der Waals surface area contributed by atoms with Crippen LogP contribution in [0.4, 0.5) is 0 Å². The Morgan fingerprint density at radius 1 is 0.568 bits per heavy atom. The summed E-state index contributed by atoms with van der Waals surface area (Å²) in [5.74, 6) is 0.601. The molecule has 5 heterocycles. The number of aliphatic hydroxyl groups excluding tert-OH is 12. The third-order valence-electron chi connectivity index (χ3n) is 21.7. The maximum atomic E-state index is 14.7. The minimum absolute atomic E-state index is 0.0851. The topological polar surface area (TPSA) is 343 Å². The van der Waals surface area contributed by atoms with Gasteiger partial charge in [0.05, 0.1) is 56.8 Å². The molecule has 0 radical (unpaired) electrons. The molecule has 2 bridgehead atoms. The minimum Gasteiger partial charge on any atom is -0.396 e. The molecule has 74 heavy (non-hydrogen) atoms. The van der Waals surface area contributed by atoms with Crippen LogP contribution in [0.5, 0.6) is 0 Å². The molecule has 5 saturated heterocycles. The van der Waals surface area contributed by atoms with Gasteiger partial charge in [0.1, 0.15) is 91.2 Å². The number of fused-ring (bicyclic) bond motifs is 4. The monoisotopic (exact) mass is 1060 g/mol. The van der Waals surface area contributed by atoms with Gasteiger partial charge in [-0.15, -0.1) is 0 Å². The maximum Gasteiger partial charge on any atom is 0.187 e. The van der Waals surface area contributed by atoms with E-state index < -0.39 is 165 Å². The second-order valence-corrected chi connectivity index (χ2v) is 25.8. The van der Waals surface area contributed by atoms with Gasteiger partial charge in [0.25, 0.3) is 0 Å². The molecule has 12 N–H and O–H groups in total. The normalized spacial score (nSPS) is 57.2. The molecule has 424 valence electrons. The van der Waals surface area contributed by atoms with E-state index >= 15 is 0 Å². The van der Waals surface area contributed by atoms with Gasteiger partial charge in [0, 0.05) is 23.2 Å². The van der Waals surface area contributed by atoms with Gasteiger partial charge < -0.3 is 104 Å². The number of Topliss-reactive ketones (excluding diaryl/α,β-unsaturated/α-hetero) is 1. The first-order valence-electron chi connectivity index (χ1n) is 27.1. The van der Waals surface area contributed by atoms with Crippen molar-refractivity contribution < 1.29 is 109 Å². The van der Waals surface area contributed by atoms with Crippen LogP contribution in [-0.2, 0) is 47.4 Å². The van der Waals surface area contributed by atoms with E-state index in [1.807, 2.05) is 6.92 Å². The number of rotatable bonds is 11. The second kappa shape index (κ2) is 19.8. The van der Waals surface area contributed by atoms with Gasteiger partial charge in [-0.3, -0.25) is 4.79 Å². The highest BCUT2D eigenvalue weighted by atomic mass is 16.8. The van der Waals surface area contributed by atoms with Crippen molar-refractivity contribution in [2.45, 2.75) is 228 Å². The number of carbonyl (C=O) groups is 1. The average molecular weight is 1060 g/mol. The quantitative estimate of drug-likeness (QED) is 0.101. The van der Waals surface area contributed by atoms with E-state index in [4.69, 9.17) is 42.6 Å². The predicted molar refractivity (Wildman–Crippen MR) is 251 cm³/mol. The van der Waals surface area contributed by atoms with Gasteiger partial charge in [-0.1, -0.05) is 41.5 Å². The van der Waals surface area contributed by atoms with Gasteiger partial charge in [0.15, 0.2) is 25.2 Å². The first kappa shape index (κ1) is 56.1. The summed E-state index contributed by atoms with van der Waals surface area (Å²) in [6.07, 6.45) is -23.4. The fraction of sp³-hybridized carbons (Fsp3) is 0.981. The summed E-state index contributed by atoms with van der Waals surface area (Å²) in [4.78, 5) is 14.7.